The maximum absolute atomic E-state index is 15.3. The van der Waals surface area contributed by atoms with Gasteiger partial charge >= 0.3 is 52.9 Å². The van der Waals surface area contributed by atoms with Gasteiger partial charge in [-0.25, -0.2) is 9.59 Å². The second-order valence-electron chi connectivity index (χ2n) is 29.9. The summed E-state index contributed by atoms with van der Waals surface area (Å²) in [7, 11) is 0. The smallest absolute Gasteiger partial charge is 0.508 e. The van der Waals surface area contributed by atoms with E-state index in [2.05, 4.69) is 62.3 Å². The average Bonchev–Trinajstić information content (AvgIpc) is 1.73. The molecule has 26 N–H and O–H groups in total. The van der Waals surface area contributed by atoms with Gasteiger partial charge in [0.1, 0.15) is 71.9 Å². The third-order valence-electron chi connectivity index (χ3n) is 20.6. The number of carbonyl (C=O) groups excluding carboxylic acids is 12. The number of aromatic hydroxyl groups is 2. The molecular formula is C76H116CuN22O24+2. The van der Waals surface area contributed by atoms with Gasteiger partial charge in [0.05, 0.1) is 38.8 Å². The maximum atomic E-state index is 15.3. The van der Waals surface area contributed by atoms with Crippen LogP contribution in [0.2, 0.25) is 0 Å². The Morgan fingerprint density at radius 2 is 0.764 bits per heavy atom. The molecule has 0 aliphatic carbocycles. The van der Waals surface area contributed by atoms with Crippen molar-refractivity contribution in [1.82, 2.24) is 72.3 Å². The second-order valence-corrected chi connectivity index (χ2v) is 29.9. The van der Waals surface area contributed by atoms with Crippen LogP contribution in [-0.4, -0.2) is 332 Å². The molecule has 2 aromatic carbocycles. The topological polar surface area (TPSA) is 709 Å². The van der Waals surface area contributed by atoms with Crippen molar-refractivity contribution in [2.45, 2.75) is 189 Å². The van der Waals surface area contributed by atoms with Gasteiger partial charge < -0.3 is 127 Å². The number of nitrogens with two attached hydrogens (primary N) is 6. The monoisotopic (exact) mass is 1780 g/mol. The predicted octanol–water partition coefficient (Wildman–Crippen LogP) is -6.84. The van der Waals surface area contributed by atoms with E-state index in [1.54, 1.807) is 9.80 Å². The van der Waals surface area contributed by atoms with E-state index in [4.69, 9.17) is 44.1 Å². The molecule has 0 spiro atoms. The number of carboxylic acid groups (broad SMARTS) is 4. The summed E-state index contributed by atoms with van der Waals surface area (Å²) in [4.78, 5) is 251. The zero-order chi connectivity index (χ0) is 89.5. The number of amides is 10. The van der Waals surface area contributed by atoms with Gasteiger partial charge in [-0.3, -0.25) is 86.9 Å². The van der Waals surface area contributed by atoms with Gasteiger partial charge in [0, 0.05) is 78.3 Å². The van der Waals surface area contributed by atoms with Crippen molar-refractivity contribution in [3.8, 4) is 11.5 Å². The molecule has 2 bridgehead atoms. The van der Waals surface area contributed by atoms with Crippen LogP contribution >= 0.6 is 0 Å². The minimum absolute atomic E-state index is 0. The fraction of sp³-hybridized carbons (Fsp3) is 0.605. The van der Waals surface area contributed by atoms with Gasteiger partial charge in [0.2, 0.25) is 47.3 Å². The van der Waals surface area contributed by atoms with Gasteiger partial charge in [-0.15, -0.1) is 0 Å². The first-order chi connectivity index (χ1) is 58.1. The summed E-state index contributed by atoms with van der Waals surface area (Å²) in [5.41, 5.74) is 34.8. The number of guanidine groups is 2. The minimum Gasteiger partial charge on any atom is -0.508 e. The molecule has 1 radical (unpaired) electrons. The Balaban J connectivity index is 0.0000269. The van der Waals surface area contributed by atoms with Crippen LogP contribution in [0.5, 0.6) is 11.5 Å². The number of fused-ring (bicyclic) bond motifs is 3. The minimum atomic E-state index is -1.84. The van der Waals surface area contributed by atoms with Crippen molar-refractivity contribution < 1.29 is 134 Å². The van der Waals surface area contributed by atoms with E-state index in [9.17, 15) is 97.8 Å². The number of hydrogen-bond donors (Lipinski definition) is 20. The number of phenolic OH excluding ortho intramolecular Hbond substituents is 2. The molecule has 0 aromatic heterocycles. The molecule has 2 unspecified atom stereocenters. The zero-order valence-electron chi connectivity index (χ0n) is 68.2. The van der Waals surface area contributed by atoms with E-state index in [0.29, 0.717) is 60.3 Å². The fourth-order valence-corrected chi connectivity index (χ4v) is 14.2. The molecule has 2 aromatic rings. The quantitative estimate of drug-likeness (QED) is 0.0130. The van der Waals surface area contributed by atoms with E-state index >= 15 is 9.59 Å². The van der Waals surface area contributed by atoms with E-state index in [0.717, 1.165) is 0 Å². The van der Waals surface area contributed by atoms with Crippen LogP contribution in [0.4, 0.5) is 0 Å². The van der Waals surface area contributed by atoms with Crippen LogP contribution in [0.3, 0.4) is 0 Å². The van der Waals surface area contributed by atoms with E-state index in [1.165, 1.54) is 48.5 Å². The fourth-order valence-electron chi connectivity index (χ4n) is 14.2. The number of unbranched alkanes of at least 4 members (excludes halogenated alkanes) is 2. The first-order valence-corrected chi connectivity index (χ1v) is 40.5. The van der Waals surface area contributed by atoms with Crippen molar-refractivity contribution in [1.29, 1.82) is 0 Å². The van der Waals surface area contributed by atoms with Gasteiger partial charge in [0.15, 0.2) is 11.9 Å². The van der Waals surface area contributed by atoms with Crippen molar-refractivity contribution in [3.05, 3.63) is 59.7 Å². The van der Waals surface area contributed by atoms with Crippen LogP contribution < -0.4 is 76.9 Å². The summed E-state index contributed by atoms with van der Waals surface area (Å²) < 4.78 is 0. The van der Waals surface area contributed by atoms with Crippen LogP contribution in [0, 0.1) is 0 Å². The number of nitrogens with zero attached hydrogens (tertiary/aromatic N) is 8. The third-order valence-corrected chi connectivity index (χ3v) is 20.6. The van der Waals surface area contributed by atoms with Crippen LogP contribution in [0.25, 0.3) is 0 Å². The number of aliphatic carboxylic acids is 4. The number of carboxylic acids is 4. The third kappa shape index (κ3) is 35.4. The first kappa shape index (κ1) is 102. The Bertz CT molecular complexity index is 3740. The molecule has 6 rings (SSSR count). The molecule has 4 aliphatic rings. The molecule has 10 amide bonds. The molecule has 46 nitrogen and oxygen atoms in total. The molecule has 4 aliphatic heterocycles. The van der Waals surface area contributed by atoms with Gasteiger partial charge in [-0.05, 0) is 151 Å². The number of rotatable bonds is 36. The van der Waals surface area contributed by atoms with Crippen molar-refractivity contribution in [2.75, 3.05) is 105 Å². The van der Waals surface area contributed by atoms with Crippen LogP contribution in [0.1, 0.15) is 127 Å². The second kappa shape index (κ2) is 52.6. The number of nitrogens with one attached hydrogen (secondary N) is 8. The molecule has 47 heteroatoms. The maximum Gasteiger partial charge on any atom is 2.00 e. The molecule has 683 valence electrons. The van der Waals surface area contributed by atoms with Crippen molar-refractivity contribution in [2.24, 2.45) is 44.4 Å². The molecule has 4 saturated heterocycles. The van der Waals surface area contributed by atoms with E-state index < -0.39 is 207 Å². The molecule has 123 heavy (non-hydrogen) atoms. The van der Waals surface area contributed by atoms with Crippen molar-refractivity contribution in [3.63, 3.8) is 0 Å². The number of hydroxylamine groups is 4. The average molecular weight is 1790 g/mol. The van der Waals surface area contributed by atoms with Crippen LogP contribution in [0.15, 0.2) is 58.5 Å². The number of aliphatic imine (C=N–C) groups is 2. The summed E-state index contributed by atoms with van der Waals surface area (Å²) in [5.74, 6) is -20.3. The van der Waals surface area contributed by atoms with E-state index in [-0.39, 0.29) is 183 Å². The Kier molecular flexibility index (Phi) is 43.6. The summed E-state index contributed by atoms with van der Waals surface area (Å²) in [6, 6.07) is -5.74. The molecule has 12 atom stereocenters. The standard InChI is InChI=1S/C76H116N22O24.Cu/c77-25-3-1-9-49-71(115)97(55(11-5-27-83-75(79)80)69(113)85-43-59(101)87-53(41-61(103)104)67(111)91-51(65(109)89-49)39-45-13-17-47(99)18-14-45)121-63(107)23-21-57(73(117)118)95-31-7-29-94-34-33-93(35-37-95)30-8-32-96(38-36-94)58(74(119)120)22-24-64(108)122-98-56(12-6-28-84-76(81)82)70(114)86-44-60(102)88-54(42-62(105)106)68(112)92-52(40-46-15-19-48(100)20-16-46)66(110)90-50(72(98)116)10-2-4-26-78;/h13-20,49-58,99-100H,1-12,21-44,77-78H2,(H,85,113)(H,86,114)(H,87,101)(H,88,102)(H,89,109)(H,90,110)(H,91,111)(H,92,112)(H,103,104)(H,105,106)(H,117,118)(H,119,120)(H4,79,80,83)(H4,81,82,84);/q;+2/t49-,50-,51+,52+,53-,54-,55-,56-,57+,58+;/m0./s1/i;1+0. The normalized spacial score (nSPS) is 23.0. The molecule has 4 heterocycles. The van der Waals surface area contributed by atoms with Crippen LogP contribution in [-0.2, 0) is 116 Å². The molecule has 0 saturated carbocycles. The summed E-state index contributed by atoms with van der Waals surface area (Å²) in [6.07, 6.45) is -4.78. The van der Waals surface area contributed by atoms with Gasteiger partial charge in [-0.1, -0.05) is 24.3 Å². The predicted molar refractivity (Wildman–Crippen MR) is 431 cm³/mol. The number of hydrogen-bond acceptors (Lipinski definition) is 28. The largest absolute Gasteiger partial charge is 2.00 e. The number of benzene rings is 2. The summed E-state index contributed by atoms with van der Waals surface area (Å²) in [5, 5.41) is 81.7. The Morgan fingerprint density at radius 1 is 0.423 bits per heavy atom. The molecule has 4 fully saturated rings. The number of phenols is 2. The van der Waals surface area contributed by atoms with Gasteiger partial charge in [0.25, 0.3) is 11.8 Å². The van der Waals surface area contributed by atoms with E-state index in [1.807, 2.05) is 0 Å². The zero-order valence-corrected chi connectivity index (χ0v) is 69.2. The Hall–Kier alpha value is -11.6. The van der Waals surface area contributed by atoms with Gasteiger partial charge in [-0.2, -0.15) is 10.1 Å². The first-order valence-electron chi connectivity index (χ1n) is 40.5. The number of carbonyl (C=O) groups is 16. The SMILES string of the molecule is NCCCC[C@@H]1NC(=O)[C@@H](Cc2ccc(O)cc2)NC(=O)[C@H](CC(=O)O)NC(=O)CNC(=O)[C@H](CCCN=C(N)N)N(OC(=O)CC[C@H](C(=O)O)N2CCCN3CCN(CCCN([C@H](CCC(=O)ON4C(=O)[C@H](CCCCN)NC(=O)[C@@H](Cc5ccc(O)cc5)NC(=O)[C@H](CC(=O)O)NC(=O)CNC(=O)[C@@H]4CCCN=C(N)N)C(=O)O)CC3)CC2)C1=O.[64Cu+2]. The summed E-state index contributed by atoms with van der Waals surface area (Å²) in [6.45, 7) is 0.679. The Morgan fingerprint density at radius 3 is 1.10 bits per heavy atom. The summed E-state index contributed by atoms with van der Waals surface area (Å²) >= 11 is 0. The Labute approximate surface area is 719 Å². The van der Waals surface area contributed by atoms with Crippen molar-refractivity contribution >= 4 is 107 Å². The molecular weight excluding hydrogens is 1670 g/mol.